The lowest BCUT2D eigenvalue weighted by atomic mass is 10.2. The quantitative estimate of drug-likeness (QED) is 0.656. The normalized spacial score (nSPS) is 11.2. The molecule has 7 heteroatoms. The highest BCUT2D eigenvalue weighted by atomic mass is 35.5. The fraction of sp³-hybridized carbons (Fsp3) is 0.364. The summed E-state index contributed by atoms with van der Waals surface area (Å²) in [6, 6.07) is 4.59. The molecule has 1 aromatic carbocycles. The molecule has 0 spiro atoms. The average Bonchev–Trinajstić information content (AvgIpc) is 2.32. The first-order valence-corrected chi connectivity index (χ1v) is 7.49. The summed E-state index contributed by atoms with van der Waals surface area (Å²) in [4.78, 5) is 11.6. The molecule has 0 saturated heterocycles. The van der Waals surface area contributed by atoms with Gasteiger partial charge in [-0.1, -0.05) is 24.6 Å². The van der Waals surface area contributed by atoms with Gasteiger partial charge in [0.25, 0.3) is 0 Å². The molecule has 100 valence electrons. The molecule has 1 aromatic rings. The number of anilines is 1. The summed E-state index contributed by atoms with van der Waals surface area (Å²) in [6.45, 7) is 1.34. The van der Waals surface area contributed by atoms with Gasteiger partial charge < -0.3 is 10.5 Å². The first kappa shape index (κ1) is 14.8. The summed E-state index contributed by atoms with van der Waals surface area (Å²) in [5.74, 6) is -0.864. The first-order chi connectivity index (χ1) is 8.37. The smallest absolute Gasteiger partial charge is 0.339 e. The number of benzene rings is 1. The minimum atomic E-state index is -3.15. The molecular weight excluding hydrogens is 278 g/mol. The van der Waals surface area contributed by atoms with Crippen molar-refractivity contribution in [2.75, 3.05) is 23.8 Å². The predicted octanol–water partition coefficient (Wildman–Crippen LogP) is 1.51. The van der Waals surface area contributed by atoms with E-state index in [0.717, 1.165) is 0 Å². The molecule has 0 atom stereocenters. The van der Waals surface area contributed by atoms with Gasteiger partial charge >= 0.3 is 5.97 Å². The average molecular weight is 292 g/mol. The van der Waals surface area contributed by atoms with Crippen molar-refractivity contribution in [3.63, 3.8) is 0 Å². The van der Waals surface area contributed by atoms with Gasteiger partial charge in [0.1, 0.15) is 6.61 Å². The topological polar surface area (TPSA) is 86.5 Å². The standard InChI is InChI=1S/C11H14ClNO4S/c1-2-18(15,16)7-6-17-11(14)8-4-3-5-9(13)10(8)12/h3-5H,2,6-7,13H2,1H3. The Labute approximate surface area is 111 Å². The number of hydrogen-bond donors (Lipinski definition) is 1. The Morgan fingerprint density at radius 1 is 1.44 bits per heavy atom. The van der Waals surface area contributed by atoms with Gasteiger partial charge in [0.15, 0.2) is 9.84 Å². The summed E-state index contributed by atoms with van der Waals surface area (Å²) in [5.41, 5.74) is 5.94. The van der Waals surface area contributed by atoms with Crippen molar-refractivity contribution in [3.05, 3.63) is 28.8 Å². The Bertz CT molecular complexity index is 542. The van der Waals surface area contributed by atoms with E-state index in [0.29, 0.717) is 0 Å². The highest BCUT2D eigenvalue weighted by Crippen LogP contribution is 2.23. The summed E-state index contributed by atoms with van der Waals surface area (Å²) >= 11 is 5.84. The number of rotatable bonds is 5. The largest absolute Gasteiger partial charge is 0.461 e. The number of hydrogen-bond acceptors (Lipinski definition) is 5. The van der Waals surface area contributed by atoms with Crippen LogP contribution in [0.25, 0.3) is 0 Å². The maximum Gasteiger partial charge on any atom is 0.339 e. The lowest BCUT2D eigenvalue weighted by Crippen LogP contribution is -2.17. The predicted molar refractivity (Wildman–Crippen MR) is 70.5 cm³/mol. The Morgan fingerprint density at radius 2 is 2.11 bits per heavy atom. The van der Waals surface area contributed by atoms with Crippen LogP contribution in [0.2, 0.25) is 5.02 Å². The number of nitrogen functional groups attached to an aromatic ring is 1. The third kappa shape index (κ3) is 3.89. The molecule has 0 aliphatic rings. The van der Waals surface area contributed by atoms with Gasteiger partial charge in [0.2, 0.25) is 0 Å². The molecule has 1 rings (SSSR count). The van der Waals surface area contributed by atoms with Crippen LogP contribution >= 0.6 is 11.6 Å². The number of carbonyl (C=O) groups excluding carboxylic acids is 1. The summed E-state index contributed by atoms with van der Waals surface area (Å²) in [6.07, 6.45) is 0. The molecule has 2 N–H and O–H groups in total. The maximum atomic E-state index is 11.6. The second-order valence-corrected chi connectivity index (χ2v) is 6.43. The highest BCUT2D eigenvalue weighted by molar-refractivity contribution is 7.91. The minimum Gasteiger partial charge on any atom is -0.461 e. The van der Waals surface area contributed by atoms with Crippen LogP contribution in [-0.4, -0.2) is 32.5 Å². The molecule has 0 radical (unpaired) electrons. The van der Waals surface area contributed by atoms with E-state index in [2.05, 4.69) is 0 Å². The molecule has 0 amide bonds. The number of halogens is 1. The molecule has 0 bridgehead atoms. The van der Waals surface area contributed by atoms with Gasteiger partial charge in [-0.15, -0.1) is 0 Å². The number of sulfone groups is 1. The third-order valence-electron chi connectivity index (χ3n) is 2.32. The van der Waals surface area contributed by atoms with Crippen LogP contribution in [0.3, 0.4) is 0 Å². The first-order valence-electron chi connectivity index (χ1n) is 5.29. The molecule has 18 heavy (non-hydrogen) atoms. The van der Waals surface area contributed by atoms with E-state index >= 15 is 0 Å². The van der Waals surface area contributed by atoms with Crippen LogP contribution in [0, 0.1) is 0 Å². The Hall–Kier alpha value is -1.27. The number of carbonyl (C=O) groups is 1. The van der Waals surface area contributed by atoms with Crippen molar-refractivity contribution in [1.82, 2.24) is 0 Å². The van der Waals surface area contributed by atoms with Crippen molar-refractivity contribution >= 4 is 33.1 Å². The molecule has 0 heterocycles. The lowest BCUT2D eigenvalue weighted by molar-refractivity contribution is 0.0529. The van der Waals surface area contributed by atoms with Crippen molar-refractivity contribution in [1.29, 1.82) is 0 Å². The van der Waals surface area contributed by atoms with Crippen LogP contribution < -0.4 is 5.73 Å². The van der Waals surface area contributed by atoms with E-state index in [9.17, 15) is 13.2 Å². The number of ether oxygens (including phenoxy) is 1. The Morgan fingerprint density at radius 3 is 2.72 bits per heavy atom. The zero-order valence-corrected chi connectivity index (χ0v) is 11.4. The monoisotopic (exact) mass is 291 g/mol. The lowest BCUT2D eigenvalue weighted by Gasteiger charge is -2.07. The fourth-order valence-corrected chi connectivity index (χ4v) is 2.02. The zero-order valence-electron chi connectivity index (χ0n) is 9.85. The Balaban J connectivity index is 2.64. The van der Waals surface area contributed by atoms with E-state index in [-0.39, 0.29) is 34.4 Å². The number of esters is 1. The van der Waals surface area contributed by atoms with Crippen LogP contribution in [-0.2, 0) is 14.6 Å². The molecular formula is C11H14ClNO4S. The number of nitrogens with two attached hydrogens (primary N) is 1. The summed E-state index contributed by atoms with van der Waals surface area (Å²) in [7, 11) is -3.15. The van der Waals surface area contributed by atoms with E-state index in [1.807, 2.05) is 0 Å². The highest BCUT2D eigenvalue weighted by Gasteiger charge is 2.15. The van der Waals surface area contributed by atoms with E-state index in [1.165, 1.54) is 13.0 Å². The van der Waals surface area contributed by atoms with Gasteiger partial charge in [-0.3, -0.25) is 0 Å². The zero-order chi connectivity index (χ0) is 13.8. The Kier molecular flexibility index (Phi) is 4.98. The molecule has 0 saturated carbocycles. The second kappa shape index (κ2) is 6.06. The van der Waals surface area contributed by atoms with Gasteiger partial charge in [-0.05, 0) is 12.1 Å². The summed E-state index contributed by atoms with van der Waals surface area (Å²) < 4.78 is 27.2. The summed E-state index contributed by atoms with van der Waals surface area (Å²) in [5, 5.41) is 0.112. The van der Waals surface area contributed by atoms with Crippen LogP contribution in [0.4, 0.5) is 5.69 Å². The van der Waals surface area contributed by atoms with Gasteiger partial charge in [-0.25, -0.2) is 13.2 Å². The molecule has 0 aromatic heterocycles. The maximum absolute atomic E-state index is 11.6. The van der Waals surface area contributed by atoms with Crippen molar-refractivity contribution in [3.8, 4) is 0 Å². The van der Waals surface area contributed by atoms with E-state index in [1.54, 1.807) is 12.1 Å². The van der Waals surface area contributed by atoms with E-state index < -0.39 is 15.8 Å². The van der Waals surface area contributed by atoms with Crippen LogP contribution in [0.5, 0.6) is 0 Å². The van der Waals surface area contributed by atoms with Gasteiger partial charge in [0, 0.05) is 5.75 Å². The molecule has 5 nitrogen and oxygen atoms in total. The van der Waals surface area contributed by atoms with E-state index in [4.69, 9.17) is 22.1 Å². The van der Waals surface area contributed by atoms with Crippen LogP contribution in [0.1, 0.15) is 17.3 Å². The van der Waals surface area contributed by atoms with Crippen LogP contribution in [0.15, 0.2) is 18.2 Å². The third-order valence-corrected chi connectivity index (χ3v) is 4.41. The molecule has 0 aliphatic heterocycles. The van der Waals surface area contributed by atoms with Gasteiger partial charge in [-0.2, -0.15) is 0 Å². The van der Waals surface area contributed by atoms with Crippen molar-refractivity contribution in [2.24, 2.45) is 0 Å². The van der Waals surface area contributed by atoms with Gasteiger partial charge in [0.05, 0.1) is 22.0 Å². The van der Waals surface area contributed by atoms with Crippen molar-refractivity contribution in [2.45, 2.75) is 6.92 Å². The molecule has 0 unspecified atom stereocenters. The van der Waals surface area contributed by atoms with Crippen molar-refractivity contribution < 1.29 is 17.9 Å². The fourth-order valence-electron chi connectivity index (χ4n) is 1.19. The molecule has 0 aliphatic carbocycles. The second-order valence-electron chi connectivity index (χ2n) is 3.58. The minimum absolute atomic E-state index is 0.0175. The molecule has 0 fully saturated rings. The SMILES string of the molecule is CCS(=O)(=O)CCOC(=O)c1cccc(N)c1Cl.